The molecule has 4 rings (SSSR count). The molecule has 3 aromatic carbocycles. The van der Waals surface area contributed by atoms with Gasteiger partial charge in [0.2, 0.25) is 15.9 Å². The van der Waals surface area contributed by atoms with Crippen LogP contribution in [0.2, 0.25) is 0 Å². The number of hydrogen-bond donors (Lipinski definition) is 0. The van der Waals surface area contributed by atoms with Crippen molar-refractivity contribution in [1.29, 1.82) is 5.26 Å². The molecule has 0 aliphatic carbocycles. The van der Waals surface area contributed by atoms with E-state index in [4.69, 9.17) is 5.26 Å². The molecule has 0 atom stereocenters. The average molecular weight is 420 g/mol. The fourth-order valence-corrected chi connectivity index (χ4v) is 5.09. The van der Waals surface area contributed by atoms with E-state index in [1.807, 2.05) is 48.5 Å². The van der Waals surface area contributed by atoms with Crippen molar-refractivity contribution in [3.05, 3.63) is 77.9 Å². The fraction of sp³-hybridized carbons (Fsp3) is 0.217. The Morgan fingerprint density at radius 2 is 1.57 bits per heavy atom. The summed E-state index contributed by atoms with van der Waals surface area (Å²) in [6.45, 7) is 1.24. The number of sulfonamides is 1. The standard InChI is InChI=1S/C23H21N3O3S/c24-17-18-6-9-22(10-7-18)30(28,29)26-13-11-25(12-14-26)23(27)16-19-5-8-20-3-1-2-4-21(20)15-19/h1-10,15H,11-14,16H2. The van der Waals surface area contributed by atoms with Gasteiger partial charge in [-0.3, -0.25) is 4.79 Å². The van der Waals surface area contributed by atoms with Crippen molar-refractivity contribution in [3.63, 3.8) is 0 Å². The summed E-state index contributed by atoms with van der Waals surface area (Å²) in [6.07, 6.45) is 0.299. The predicted molar refractivity (Wildman–Crippen MR) is 114 cm³/mol. The van der Waals surface area contributed by atoms with Gasteiger partial charge in [0.15, 0.2) is 0 Å². The van der Waals surface area contributed by atoms with E-state index in [0.717, 1.165) is 16.3 Å². The Balaban J connectivity index is 1.39. The molecular weight excluding hydrogens is 398 g/mol. The van der Waals surface area contributed by atoms with E-state index in [1.54, 1.807) is 4.90 Å². The lowest BCUT2D eigenvalue weighted by Gasteiger charge is -2.34. The number of piperazine rings is 1. The molecule has 0 N–H and O–H groups in total. The minimum Gasteiger partial charge on any atom is -0.340 e. The van der Waals surface area contributed by atoms with Crippen LogP contribution in [-0.4, -0.2) is 49.7 Å². The summed E-state index contributed by atoms with van der Waals surface area (Å²) < 4.78 is 27.0. The SMILES string of the molecule is N#Cc1ccc(S(=O)(=O)N2CCN(C(=O)Cc3ccc4ccccc4c3)CC2)cc1. The fourth-order valence-electron chi connectivity index (χ4n) is 3.66. The normalized spacial score (nSPS) is 15.1. The molecule has 1 aliphatic rings. The zero-order valence-electron chi connectivity index (χ0n) is 16.4. The molecule has 0 aromatic heterocycles. The van der Waals surface area contributed by atoms with Crippen LogP contribution in [0.4, 0.5) is 0 Å². The van der Waals surface area contributed by atoms with Crippen LogP contribution in [0, 0.1) is 11.3 Å². The van der Waals surface area contributed by atoms with Gasteiger partial charge in [0.1, 0.15) is 0 Å². The Labute approximate surface area is 176 Å². The summed E-state index contributed by atoms with van der Waals surface area (Å²) in [7, 11) is -3.63. The molecular formula is C23H21N3O3S. The van der Waals surface area contributed by atoms with Crippen molar-refractivity contribution in [1.82, 2.24) is 9.21 Å². The van der Waals surface area contributed by atoms with Gasteiger partial charge in [0.25, 0.3) is 0 Å². The third-order valence-corrected chi connectivity index (χ3v) is 7.29. The molecule has 0 spiro atoms. The van der Waals surface area contributed by atoms with Gasteiger partial charge in [0, 0.05) is 26.2 Å². The molecule has 30 heavy (non-hydrogen) atoms. The molecule has 152 valence electrons. The van der Waals surface area contributed by atoms with Crippen LogP contribution >= 0.6 is 0 Å². The largest absolute Gasteiger partial charge is 0.340 e. The highest BCUT2D eigenvalue weighted by molar-refractivity contribution is 7.89. The first-order valence-corrected chi connectivity index (χ1v) is 11.2. The van der Waals surface area contributed by atoms with Gasteiger partial charge in [-0.15, -0.1) is 0 Å². The van der Waals surface area contributed by atoms with Crippen LogP contribution in [0.3, 0.4) is 0 Å². The number of nitrogens with zero attached hydrogens (tertiary/aromatic N) is 3. The van der Waals surface area contributed by atoms with Crippen LogP contribution in [0.1, 0.15) is 11.1 Å². The van der Waals surface area contributed by atoms with Gasteiger partial charge in [-0.25, -0.2) is 8.42 Å². The van der Waals surface area contributed by atoms with Crippen molar-refractivity contribution in [3.8, 4) is 6.07 Å². The lowest BCUT2D eigenvalue weighted by molar-refractivity contribution is -0.131. The molecule has 1 saturated heterocycles. The number of rotatable bonds is 4. The topological polar surface area (TPSA) is 81.5 Å². The van der Waals surface area contributed by atoms with Gasteiger partial charge in [-0.05, 0) is 40.6 Å². The third-order valence-electron chi connectivity index (χ3n) is 5.38. The van der Waals surface area contributed by atoms with Gasteiger partial charge in [-0.2, -0.15) is 9.57 Å². The number of amides is 1. The van der Waals surface area contributed by atoms with Gasteiger partial charge < -0.3 is 4.90 Å². The van der Waals surface area contributed by atoms with Crippen LogP contribution in [0.15, 0.2) is 71.6 Å². The summed E-state index contributed by atoms with van der Waals surface area (Å²) in [4.78, 5) is 14.6. The minimum absolute atomic E-state index is 0.000650. The molecule has 0 saturated carbocycles. The van der Waals surface area contributed by atoms with Gasteiger partial charge >= 0.3 is 0 Å². The summed E-state index contributed by atoms with van der Waals surface area (Å²) >= 11 is 0. The number of benzene rings is 3. The maximum Gasteiger partial charge on any atom is 0.243 e. The predicted octanol–water partition coefficient (Wildman–Crippen LogP) is 2.79. The average Bonchev–Trinajstić information content (AvgIpc) is 2.79. The Morgan fingerprint density at radius 1 is 0.900 bits per heavy atom. The van der Waals surface area contributed by atoms with Crippen molar-refractivity contribution < 1.29 is 13.2 Å². The Bertz CT molecular complexity index is 1220. The molecule has 0 unspecified atom stereocenters. The molecule has 1 amide bonds. The smallest absolute Gasteiger partial charge is 0.243 e. The van der Waals surface area contributed by atoms with E-state index in [-0.39, 0.29) is 23.9 Å². The highest BCUT2D eigenvalue weighted by atomic mass is 32.2. The Kier molecular flexibility index (Phi) is 5.53. The molecule has 0 bridgehead atoms. The molecule has 7 heteroatoms. The van der Waals surface area contributed by atoms with Crippen LogP contribution in [0.25, 0.3) is 10.8 Å². The van der Waals surface area contributed by atoms with Crippen molar-refractivity contribution in [2.24, 2.45) is 0 Å². The molecule has 0 radical (unpaired) electrons. The van der Waals surface area contributed by atoms with Gasteiger partial charge in [0.05, 0.1) is 22.9 Å². The molecule has 1 aliphatic heterocycles. The number of fused-ring (bicyclic) bond motifs is 1. The number of hydrogen-bond acceptors (Lipinski definition) is 4. The molecule has 1 fully saturated rings. The van der Waals surface area contributed by atoms with Crippen molar-refractivity contribution in [2.75, 3.05) is 26.2 Å². The monoisotopic (exact) mass is 419 g/mol. The second kappa shape index (κ2) is 8.27. The van der Waals surface area contributed by atoms with Crippen LogP contribution in [-0.2, 0) is 21.2 Å². The lowest BCUT2D eigenvalue weighted by Crippen LogP contribution is -2.50. The summed E-state index contributed by atoms with van der Waals surface area (Å²) in [6, 6.07) is 21.9. The van der Waals surface area contributed by atoms with E-state index in [0.29, 0.717) is 25.1 Å². The second-order valence-corrected chi connectivity index (χ2v) is 9.22. The van der Waals surface area contributed by atoms with Crippen LogP contribution in [0.5, 0.6) is 0 Å². The third kappa shape index (κ3) is 4.06. The lowest BCUT2D eigenvalue weighted by atomic mass is 10.0. The summed E-state index contributed by atoms with van der Waals surface area (Å²) in [5.41, 5.74) is 1.37. The first kappa shape index (κ1) is 20.1. The first-order chi connectivity index (χ1) is 14.5. The maximum atomic E-state index is 12.8. The Morgan fingerprint density at radius 3 is 2.23 bits per heavy atom. The van der Waals surface area contributed by atoms with E-state index in [9.17, 15) is 13.2 Å². The van der Waals surface area contributed by atoms with Gasteiger partial charge in [-0.1, -0.05) is 42.5 Å². The molecule has 6 nitrogen and oxygen atoms in total. The minimum atomic E-state index is -3.63. The van der Waals surface area contributed by atoms with E-state index in [1.165, 1.54) is 28.6 Å². The Hall–Kier alpha value is -3.21. The van der Waals surface area contributed by atoms with Crippen molar-refractivity contribution in [2.45, 2.75) is 11.3 Å². The number of carbonyl (C=O) groups excluding carboxylic acids is 1. The molecule has 1 heterocycles. The van der Waals surface area contributed by atoms with E-state index < -0.39 is 10.0 Å². The summed E-state index contributed by atoms with van der Waals surface area (Å²) in [5.74, 6) is 0.000650. The highest BCUT2D eigenvalue weighted by Gasteiger charge is 2.30. The van der Waals surface area contributed by atoms with E-state index >= 15 is 0 Å². The first-order valence-electron chi connectivity index (χ1n) is 9.73. The molecule has 3 aromatic rings. The maximum absolute atomic E-state index is 12.8. The second-order valence-electron chi connectivity index (χ2n) is 7.28. The zero-order valence-corrected chi connectivity index (χ0v) is 17.2. The van der Waals surface area contributed by atoms with E-state index in [2.05, 4.69) is 0 Å². The number of nitriles is 1. The summed E-state index contributed by atoms with van der Waals surface area (Å²) in [5, 5.41) is 11.1. The van der Waals surface area contributed by atoms with Crippen LogP contribution < -0.4 is 0 Å². The van der Waals surface area contributed by atoms with Crippen molar-refractivity contribution >= 4 is 26.7 Å². The zero-order chi connectivity index (χ0) is 21.1. The highest BCUT2D eigenvalue weighted by Crippen LogP contribution is 2.20. The quantitative estimate of drug-likeness (QED) is 0.651. The number of carbonyl (C=O) groups is 1.